The van der Waals surface area contributed by atoms with Gasteiger partial charge in [-0.05, 0) is 17.7 Å². The van der Waals surface area contributed by atoms with E-state index >= 15 is 0 Å². The molecule has 19 heavy (non-hydrogen) atoms. The molecule has 0 heterocycles. The van der Waals surface area contributed by atoms with E-state index in [0.717, 1.165) is 11.3 Å². The molecule has 0 aliphatic heterocycles. The van der Waals surface area contributed by atoms with Gasteiger partial charge in [-0.3, -0.25) is 10.1 Å². The summed E-state index contributed by atoms with van der Waals surface area (Å²) in [5, 5.41) is 10.5. The Bertz CT molecular complexity index is 540. The number of para-hydroxylation sites is 1. The molecule has 98 valence electrons. The van der Waals surface area contributed by atoms with E-state index in [1.165, 1.54) is 12.1 Å². The lowest BCUT2D eigenvalue weighted by Crippen LogP contribution is -2.18. The summed E-state index contributed by atoms with van der Waals surface area (Å²) < 4.78 is 5.54. The van der Waals surface area contributed by atoms with Crippen LogP contribution in [0, 0.1) is 10.1 Å². The Morgan fingerprint density at radius 1 is 1.11 bits per heavy atom. The van der Waals surface area contributed by atoms with Crippen molar-refractivity contribution >= 4 is 5.69 Å². The van der Waals surface area contributed by atoms with Crippen LogP contribution < -0.4 is 10.5 Å². The third kappa shape index (κ3) is 3.53. The molecule has 5 heteroatoms. The van der Waals surface area contributed by atoms with Crippen LogP contribution in [-0.2, 0) is 0 Å². The van der Waals surface area contributed by atoms with Crippen molar-refractivity contribution in [1.82, 2.24) is 0 Å². The zero-order chi connectivity index (χ0) is 13.7. The summed E-state index contributed by atoms with van der Waals surface area (Å²) in [6.07, 6.45) is 0. The highest BCUT2D eigenvalue weighted by molar-refractivity contribution is 5.34. The fourth-order valence-corrected chi connectivity index (χ4v) is 1.64. The van der Waals surface area contributed by atoms with Crippen molar-refractivity contribution in [1.29, 1.82) is 0 Å². The number of benzene rings is 2. The van der Waals surface area contributed by atoms with Crippen LogP contribution in [0.3, 0.4) is 0 Å². The molecule has 0 radical (unpaired) electrons. The van der Waals surface area contributed by atoms with E-state index in [2.05, 4.69) is 0 Å². The van der Waals surface area contributed by atoms with Crippen LogP contribution in [0.5, 0.6) is 5.75 Å². The molecule has 1 atom stereocenters. The Morgan fingerprint density at radius 3 is 2.32 bits per heavy atom. The normalized spacial score (nSPS) is 11.8. The predicted molar refractivity (Wildman–Crippen MR) is 72.0 cm³/mol. The van der Waals surface area contributed by atoms with E-state index in [-0.39, 0.29) is 11.7 Å². The highest BCUT2D eigenvalue weighted by atomic mass is 16.6. The van der Waals surface area contributed by atoms with Gasteiger partial charge < -0.3 is 10.5 Å². The average molecular weight is 258 g/mol. The molecular weight excluding hydrogens is 244 g/mol. The summed E-state index contributed by atoms with van der Waals surface area (Å²) in [5.74, 6) is 0.750. The highest BCUT2D eigenvalue weighted by Crippen LogP contribution is 2.17. The summed E-state index contributed by atoms with van der Waals surface area (Å²) in [7, 11) is 0. The first kappa shape index (κ1) is 13.0. The molecule has 0 bridgehead atoms. The molecule has 0 fully saturated rings. The molecule has 0 saturated heterocycles. The Hall–Kier alpha value is -2.40. The maximum atomic E-state index is 10.5. The van der Waals surface area contributed by atoms with E-state index in [1.54, 1.807) is 12.1 Å². The van der Waals surface area contributed by atoms with Gasteiger partial charge in [-0.1, -0.05) is 30.3 Å². The monoisotopic (exact) mass is 258 g/mol. The maximum absolute atomic E-state index is 10.5. The Balaban J connectivity index is 1.96. The van der Waals surface area contributed by atoms with Crippen LogP contribution in [0.2, 0.25) is 0 Å². The second-order valence-electron chi connectivity index (χ2n) is 4.08. The number of hydrogen-bond donors (Lipinski definition) is 1. The molecule has 2 aromatic carbocycles. The van der Waals surface area contributed by atoms with Gasteiger partial charge in [0.05, 0.1) is 11.0 Å². The second-order valence-corrected chi connectivity index (χ2v) is 4.08. The van der Waals surface area contributed by atoms with Crippen LogP contribution in [0.4, 0.5) is 5.69 Å². The first-order valence-corrected chi connectivity index (χ1v) is 5.84. The standard InChI is InChI=1S/C14H14N2O3/c15-14(10-19-13-4-2-1-3-5-13)11-6-8-12(9-7-11)16(17)18/h1-9,14H,10,15H2. The molecule has 2 aromatic rings. The van der Waals surface area contributed by atoms with Crippen molar-refractivity contribution in [2.24, 2.45) is 5.73 Å². The topological polar surface area (TPSA) is 78.4 Å². The molecule has 0 amide bonds. The largest absolute Gasteiger partial charge is 0.492 e. The van der Waals surface area contributed by atoms with Crippen LogP contribution in [0.25, 0.3) is 0 Å². The minimum absolute atomic E-state index is 0.0555. The zero-order valence-corrected chi connectivity index (χ0v) is 10.2. The summed E-state index contributed by atoms with van der Waals surface area (Å²) in [6.45, 7) is 0.321. The summed E-state index contributed by atoms with van der Waals surface area (Å²) in [4.78, 5) is 10.1. The number of non-ortho nitro benzene ring substituents is 1. The lowest BCUT2D eigenvalue weighted by Gasteiger charge is -2.13. The Labute approximate surface area is 110 Å². The lowest BCUT2D eigenvalue weighted by atomic mass is 10.1. The molecule has 5 nitrogen and oxygen atoms in total. The van der Waals surface area contributed by atoms with E-state index in [9.17, 15) is 10.1 Å². The average Bonchev–Trinajstić information content (AvgIpc) is 2.46. The summed E-state index contributed by atoms with van der Waals surface area (Å²) in [5.41, 5.74) is 6.84. The molecule has 0 aromatic heterocycles. The molecule has 2 N–H and O–H groups in total. The van der Waals surface area contributed by atoms with Gasteiger partial charge in [-0.2, -0.15) is 0 Å². The maximum Gasteiger partial charge on any atom is 0.269 e. The van der Waals surface area contributed by atoms with Gasteiger partial charge >= 0.3 is 0 Å². The van der Waals surface area contributed by atoms with Crippen LogP contribution in [0.1, 0.15) is 11.6 Å². The number of nitro groups is 1. The Kier molecular flexibility index (Phi) is 4.10. The van der Waals surface area contributed by atoms with Crippen LogP contribution in [0.15, 0.2) is 54.6 Å². The van der Waals surface area contributed by atoms with Gasteiger partial charge in [0.15, 0.2) is 0 Å². The van der Waals surface area contributed by atoms with E-state index < -0.39 is 4.92 Å². The van der Waals surface area contributed by atoms with Gasteiger partial charge in [0, 0.05) is 12.1 Å². The van der Waals surface area contributed by atoms with Gasteiger partial charge in [0.25, 0.3) is 5.69 Å². The number of hydrogen-bond acceptors (Lipinski definition) is 4. The van der Waals surface area contributed by atoms with Gasteiger partial charge in [-0.15, -0.1) is 0 Å². The first-order valence-electron chi connectivity index (χ1n) is 5.84. The van der Waals surface area contributed by atoms with E-state index in [4.69, 9.17) is 10.5 Å². The molecule has 0 spiro atoms. The van der Waals surface area contributed by atoms with Crippen molar-refractivity contribution in [3.05, 3.63) is 70.3 Å². The predicted octanol–water partition coefficient (Wildman–Crippen LogP) is 2.67. The Morgan fingerprint density at radius 2 is 1.74 bits per heavy atom. The van der Waals surface area contributed by atoms with Crippen molar-refractivity contribution in [3.8, 4) is 5.75 Å². The molecular formula is C14H14N2O3. The quantitative estimate of drug-likeness (QED) is 0.660. The number of nitrogens with two attached hydrogens (primary N) is 1. The highest BCUT2D eigenvalue weighted by Gasteiger charge is 2.10. The van der Waals surface area contributed by atoms with Gasteiger partial charge in [0.2, 0.25) is 0 Å². The first-order chi connectivity index (χ1) is 9.16. The minimum Gasteiger partial charge on any atom is -0.492 e. The third-order valence-corrected chi connectivity index (χ3v) is 2.70. The van der Waals surface area contributed by atoms with Crippen molar-refractivity contribution < 1.29 is 9.66 Å². The zero-order valence-electron chi connectivity index (χ0n) is 10.2. The molecule has 0 aliphatic carbocycles. The van der Waals surface area contributed by atoms with Crippen LogP contribution >= 0.6 is 0 Å². The summed E-state index contributed by atoms with van der Waals surface area (Å²) >= 11 is 0. The van der Waals surface area contributed by atoms with Crippen molar-refractivity contribution in [3.63, 3.8) is 0 Å². The van der Waals surface area contributed by atoms with Gasteiger partial charge in [0.1, 0.15) is 12.4 Å². The van der Waals surface area contributed by atoms with E-state index in [1.807, 2.05) is 30.3 Å². The number of ether oxygens (including phenoxy) is 1. The lowest BCUT2D eigenvalue weighted by molar-refractivity contribution is -0.384. The minimum atomic E-state index is -0.435. The number of nitrogens with zero attached hydrogens (tertiary/aromatic N) is 1. The molecule has 2 rings (SSSR count). The number of rotatable bonds is 5. The number of nitro benzene ring substituents is 1. The third-order valence-electron chi connectivity index (χ3n) is 2.70. The van der Waals surface area contributed by atoms with Crippen molar-refractivity contribution in [2.75, 3.05) is 6.61 Å². The summed E-state index contributed by atoms with van der Waals surface area (Å²) in [6, 6.07) is 15.2. The molecule has 0 saturated carbocycles. The fourth-order valence-electron chi connectivity index (χ4n) is 1.64. The smallest absolute Gasteiger partial charge is 0.269 e. The van der Waals surface area contributed by atoms with Gasteiger partial charge in [-0.25, -0.2) is 0 Å². The van der Waals surface area contributed by atoms with E-state index in [0.29, 0.717) is 6.61 Å². The molecule has 1 unspecified atom stereocenters. The van der Waals surface area contributed by atoms with Crippen molar-refractivity contribution in [2.45, 2.75) is 6.04 Å². The SMILES string of the molecule is NC(COc1ccccc1)c1ccc([N+](=O)[O-])cc1. The second kappa shape index (κ2) is 5.97. The van der Waals surface area contributed by atoms with Crippen LogP contribution in [-0.4, -0.2) is 11.5 Å². The molecule has 0 aliphatic rings. The fraction of sp³-hybridized carbons (Fsp3) is 0.143.